The number of aromatic nitrogens is 2. The fourth-order valence-corrected chi connectivity index (χ4v) is 3.95. The Labute approximate surface area is 158 Å². The van der Waals surface area contributed by atoms with E-state index in [1.165, 1.54) is 18.6 Å². The number of nitrogens with one attached hydrogen (secondary N) is 2. The minimum Gasteiger partial charge on any atom is -0.355 e. The number of rotatable bonds is 4. The van der Waals surface area contributed by atoms with Gasteiger partial charge in [-0.15, -0.1) is 24.0 Å². The van der Waals surface area contributed by atoms with Crippen molar-refractivity contribution in [1.29, 1.82) is 0 Å². The van der Waals surface area contributed by atoms with E-state index < -0.39 is 0 Å². The Morgan fingerprint density at radius 3 is 2.91 bits per heavy atom. The summed E-state index contributed by atoms with van der Waals surface area (Å²) in [6.45, 7) is 1.65. The standard InChI is InChI=1S/C16H23N5S.HI/c1-17-16(18-10-12-6-5-9-22-12)19-11-15-20-13-7-3-4-8-14(13)21(15)2;/h3-4,7-8,12H,5-6,9-11H2,1-2H3,(H2,17,18,19);1H. The molecule has 0 bridgehead atoms. The first-order valence-corrected chi connectivity index (χ1v) is 8.79. The average molecular weight is 445 g/mol. The number of nitrogens with zero attached hydrogens (tertiary/aromatic N) is 3. The van der Waals surface area contributed by atoms with Gasteiger partial charge in [-0.3, -0.25) is 4.99 Å². The maximum Gasteiger partial charge on any atom is 0.191 e. The summed E-state index contributed by atoms with van der Waals surface area (Å²) in [5.41, 5.74) is 2.19. The number of imidazole rings is 1. The minimum atomic E-state index is 0. The fraction of sp³-hybridized carbons (Fsp3) is 0.500. The van der Waals surface area contributed by atoms with E-state index in [4.69, 9.17) is 0 Å². The van der Waals surface area contributed by atoms with Crippen molar-refractivity contribution in [1.82, 2.24) is 20.2 Å². The van der Waals surface area contributed by atoms with E-state index in [0.717, 1.165) is 29.4 Å². The lowest BCUT2D eigenvalue weighted by Crippen LogP contribution is -2.40. The summed E-state index contributed by atoms with van der Waals surface area (Å²) in [6, 6.07) is 8.20. The molecule has 2 N–H and O–H groups in total. The molecule has 5 nitrogen and oxygen atoms in total. The molecule has 0 saturated carbocycles. The topological polar surface area (TPSA) is 54.2 Å². The molecule has 0 aliphatic carbocycles. The summed E-state index contributed by atoms with van der Waals surface area (Å²) in [4.78, 5) is 8.97. The van der Waals surface area contributed by atoms with Gasteiger partial charge in [0.05, 0.1) is 17.6 Å². The van der Waals surface area contributed by atoms with Crippen molar-refractivity contribution in [2.24, 2.45) is 12.0 Å². The zero-order valence-corrected chi connectivity index (χ0v) is 16.7. The first-order chi connectivity index (χ1) is 10.8. The summed E-state index contributed by atoms with van der Waals surface area (Å²) in [6.07, 6.45) is 2.64. The highest BCUT2D eigenvalue weighted by Gasteiger charge is 2.15. The number of hydrogen-bond acceptors (Lipinski definition) is 3. The van der Waals surface area contributed by atoms with Gasteiger partial charge < -0.3 is 15.2 Å². The van der Waals surface area contributed by atoms with Crippen LogP contribution in [0.4, 0.5) is 0 Å². The van der Waals surface area contributed by atoms with E-state index in [2.05, 4.69) is 50.1 Å². The Hall–Kier alpha value is -0.960. The molecule has 126 valence electrons. The van der Waals surface area contributed by atoms with E-state index in [0.29, 0.717) is 11.8 Å². The van der Waals surface area contributed by atoms with Gasteiger partial charge in [-0.25, -0.2) is 4.98 Å². The summed E-state index contributed by atoms with van der Waals surface area (Å²) in [7, 11) is 3.86. The molecule has 1 aromatic heterocycles. The fourth-order valence-electron chi connectivity index (χ4n) is 2.75. The van der Waals surface area contributed by atoms with Crippen LogP contribution in [0.15, 0.2) is 29.3 Å². The van der Waals surface area contributed by atoms with Crippen molar-refractivity contribution in [3.63, 3.8) is 0 Å². The second-order valence-corrected chi connectivity index (χ2v) is 6.93. The molecule has 0 radical (unpaired) electrons. The molecule has 1 unspecified atom stereocenters. The number of benzene rings is 1. The molecule has 0 spiro atoms. The number of para-hydroxylation sites is 2. The second-order valence-electron chi connectivity index (χ2n) is 5.52. The quantitative estimate of drug-likeness (QED) is 0.432. The molecular weight excluding hydrogens is 421 g/mol. The lowest BCUT2D eigenvalue weighted by molar-refractivity contribution is 0.708. The minimum absolute atomic E-state index is 0. The number of thioether (sulfide) groups is 1. The van der Waals surface area contributed by atoms with Gasteiger partial charge in [0.15, 0.2) is 5.96 Å². The Kier molecular flexibility index (Phi) is 7.01. The van der Waals surface area contributed by atoms with Gasteiger partial charge in [0.1, 0.15) is 5.82 Å². The van der Waals surface area contributed by atoms with Crippen LogP contribution >= 0.6 is 35.7 Å². The van der Waals surface area contributed by atoms with Crippen LogP contribution in [0.2, 0.25) is 0 Å². The Morgan fingerprint density at radius 1 is 1.39 bits per heavy atom. The predicted octanol–water partition coefficient (Wildman–Crippen LogP) is 2.75. The third-order valence-electron chi connectivity index (χ3n) is 4.04. The number of aliphatic imine (C=N–C) groups is 1. The van der Waals surface area contributed by atoms with Gasteiger partial charge in [0, 0.05) is 25.9 Å². The van der Waals surface area contributed by atoms with Gasteiger partial charge in [-0.1, -0.05) is 12.1 Å². The zero-order chi connectivity index (χ0) is 15.4. The zero-order valence-electron chi connectivity index (χ0n) is 13.6. The van der Waals surface area contributed by atoms with Crippen LogP contribution in [0.3, 0.4) is 0 Å². The van der Waals surface area contributed by atoms with Gasteiger partial charge >= 0.3 is 0 Å². The highest BCUT2D eigenvalue weighted by molar-refractivity contribution is 14.0. The third-order valence-corrected chi connectivity index (χ3v) is 5.44. The lowest BCUT2D eigenvalue weighted by Gasteiger charge is -2.14. The number of fused-ring (bicyclic) bond motifs is 1. The molecular formula is C16H24IN5S. The summed E-state index contributed by atoms with van der Waals surface area (Å²) < 4.78 is 2.13. The number of aryl methyl sites for hydroxylation is 1. The second kappa shape index (κ2) is 8.77. The molecule has 1 atom stereocenters. The molecule has 1 saturated heterocycles. The van der Waals surface area contributed by atoms with Gasteiger partial charge in [-0.2, -0.15) is 11.8 Å². The summed E-state index contributed by atoms with van der Waals surface area (Å²) in [5, 5.41) is 7.49. The first-order valence-electron chi connectivity index (χ1n) is 7.74. The molecule has 0 amide bonds. The molecule has 7 heteroatoms. The smallest absolute Gasteiger partial charge is 0.191 e. The van der Waals surface area contributed by atoms with Crippen molar-refractivity contribution in [3.05, 3.63) is 30.1 Å². The van der Waals surface area contributed by atoms with Crippen molar-refractivity contribution in [2.75, 3.05) is 19.3 Å². The normalized spacial score (nSPS) is 18.0. The molecule has 1 aromatic carbocycles. The van der Waals surface area contributed by atoms with Gasteiger partial charge in [0.2, 0.25) is 0 Å². The van der Waals surface area contributed by atoms with Crippen LogP contribution in [0, 0.1) is 0 Å². The van der Waals surface area contributed by atoms with Crippen molar-refractivity contribution in [2.45, 2.75) is 24.6 Å². The van der Waals surface area contributed by atoms with Crippen LogP contribution in [0.25, 0.3) is 11.0 Å². The Balaban J connectivity index is 0.00000192. The maximum atomic E-state index is 4.67. The van der Waals surface area contributed by atoms with E-state index in [1.807, 2.05) is 25.2 Å². The van der Waals surface area contributed by atoms with Crippen LogP contribution in [-0.4, -0.2) is 40.1 Å². The largest absolute Gasteiger partial charge is 0.355 e. The Morgan fingerprint density at radius 2 is 2.22 bits per heavy atom. The summed E-state index contributed by atoms with van der Waals surface area (Å²) >= 11 is 2.05. The molecule has 23 heavy (non-hydrogen) atoms. The van der Waals surface area contributed by atoms with Crippen LogP contribution < -0.4 is 10.6 Å². The maximum absolute atomic E-state index is 4.67. The Bertz CT molecular complexity index is 664. The molecule has 1 fully saturated rings. The van der Waals surface area contributed by atoms with Gasteiger partial charge in [0.25, 0.3) is 0 Å². The third kappa shape index (κ3) is 4.53. The number of hydrogen-bond donors (Lipinski definition) is 2. The predicted molar refractivity (Wildman–Crippen MR) is 110 cm³/mol. The molecule has 1 aliphatic heterocycles. The molecule has 3 rings (SSSR count). The van der Waals surface area contributed by atoms with Gasteiger partial charge in [-0.05, 0) is 30.7 Å². The van der Waals surface area contributed by atoms with Crippen molar-refractivity contribution < 1.29 is 0 Å². The number of halogens is 1. The average Bonchev–Trinajstić information content (AvgIpc) is 3.17. The van der Waals surface area contributed by atoms with Crippen molar-refractivity contribution >= 4 is 52.7 Å². The monoisotopic (exact) mass is 445 g/mol. The van der Waals surface area contributed by atoms with E-state index in [9.17, 15) is 0 Å². The van der Waals surface area contributed by atoms with Crippen LogP contribution in [0.1, 0.15) is 18.7 Å². The molecule has 1 aliphatic rings. The molecule has 2 aromatic rings. The van der Waals surface area contributed by atoms with Crippen LogP contribution in [-0.2, 0) is 13.6 Å². The van der Waals surface area contributed by atoms with Crippen LogP contribution in [0.5, 0.6) is 0 Å². The van der Waals surface area contributed by atoms with E-state index in [-0.39, 0.29) is 24.0 Å². The highest BCUT2D eigenvalue weighted by atomic mass is 127. The summed E-state index contributed by atoms with van der Waals surface area (Å²) in [5.74, 6) is 3.15. The highest BCUT2D eigenvalue weighted by Crippen LogP contribution is 2.25. The molecule has 2 heterocycles. The number of guanidine groups is 1. The van der Waals surface area contributed by atoms with Crippen molar-refractivity contribution in [3.8, 4) is 0 Å². The SMILES string of the molecule is CN=C(NCc1nc2ccccc2n1C)NCC1CCCS1.I. The van der Waals surface area contributed by atoms with E-state index >= 15 is 0 Å². The lowest BCUT2D eigenvalue weighted by atomic mass is 10.2. The first kappa shape index (κ1) is 18.4. The van der Waals surface area contributed by atoms with E-state index in [1.54, 1.807) is 0 Å².